The fourth-order valence-electron chi connectivity index (χ4n) is 1.30. The molecule has 0 aliphatic rings. The molecule has 1 aromatic heterocycles. The average Bonchev–Trinajstić information content (AvgIpc) is 2.46. The smallest absolute Gasteiger partial charge is 0.105 e. The van der Waals surface area contributed by atoms with Crippen LogP contribution in [0.25, 0.3) is 0 Å². The monoisotopic (exact) mass is 182 g/mol. The average molecular weight is 182 g/mol. The van der Waals surface area contributed by atoms with Crippen LogP contribution >= 0.6 is 0 Å². The molecule has 1 rings (SSSR count). The highest BCUT2D eigenvalue weighted by molar-refractivity contribution is 5.07. The highest BCUT2D eigenvalue weighted by Crippen LogP contribution is 2.10. The maximum absolute atomic E-state index is 5.65. The second-order valence-corrected chi connectivity index (χ2v) is 3.57. The molecule has 1 aromatic rings. The van der Waals surface area contributed by atoms with E-state index in [-0.39, 0.29) is 0 Å². The van der Waals surface area contributed by atoms with Gasteiger partial charge in [-0.2, -0.15) is 0 Å². The summed E-state index contributed by atoms with van der Waals surface area (Å²) in [7, 11) is 4.07. The van der Waals surface area contributed by atoms with Crippen molar-refractivity contribution in [3.05, 3.63) is 23.7 Å². The van der Waals surface area contributed by atoms with Gasteiger partial charge in [0.25, 0.3) is 0 Å². The van der Waals surface area contributed by atoms with E-state index in [9.17, 15) is 0 Å². The van der Waals surface area contributed by atoms with Crippen molar-refractivity contribution < 1.29 is 4.42 Å². The summed E-state index contributed by atoms with van der Waals surface area (Å²) in [5.74, 6) is 1.98. The maximum atomic E-state index is 5.65. The molecule has 0 aliphatic carbocycles. The van der Waals surface area contributed by atoms with E-state index in [1.165, 1.54) is 0 Å². The van der Waals surface area contributed by atoms with E-state index in [0.29, 0.717) is 12.6 Å². The molecule has 0 fully saturated rings. The van der Waals surface area contributed by atoms with Gasteiger partial charge in [0.15, 0.2) is 0 Å². The highest BCUT2D eigenvalue weighted by atomic mass is 16.3. The molecule has 0 spiro atoms. The van der Waals surface area contributed by atoms with Crippen LogP contribution in [0.3, 0.4) is 0 Å². The lowest BCUT2D eigenvalue weighted by Crippen LogP contribution is -2.36. The first kappa shape index (κ1) is 10.3. The Morgan fingerprint density at radius 2 is 2.15 bits per heavy atom. The van der Waals surface area contributed by atoms with Crippen molar-refractivity contribution in [2.75, 3.05) is 20.6 Å². The van der Waals surface area contributed by atoms with E-state index in [1.807, 2.05) is 33.2 Å². The quantitative estimate of drug-likeness (QED) is 0.756. The van der Waals surface area contributed by atoms with Crippen molar-refractivity contribution in [1.29, 1.82) is 0 Å². The number of rotatable bonds is 4. The standard InChI is InChI=1S/C10H18N2O/c1-8-4-5-10(13-8)6-9(7-11)12(2)3/h4-5,9H,6-7,11H2,1-3H3. The Labute approximate surface area is 79.5 Å². The Balaban J connectivity index is 2.56. The van der Waals surface area contributed by atoms with Gasteiger partial charge >= 0.3 is 0 Å². The lowest BCUT2D eigenvalue weighted by Gasteiger charge is -2.21. The minimum absolute atomic E-state index is 0.366. The first-order valence-corrected chi connectivity index (χ1v) is 4.55. The zero-order valence-corrected chi connectivity index (χ0v) is 8.58. The van der Waals surface area contributed by atoms with E-state index >= 15 is 0 Å². The molecule has 0 saturated carbocycles. The summed E-state index contributed by atoms with van der Waals surface area (Å²) >= 11 is 0. The fraction of sp³-hybridized carbons (Fsp3) is 0.600. The lowest BCUT2D eigenvalue weighted by molar-refractivity contribution is 0.282. The molecule has 0 amide bonds. The molecule has 0 aromatic carbocycles. The number of nitrogens with zero attached hydrogens (tertiary/aromatic N) is 1. The van der Waals surface area contributed by atoms with Crippen molar-refractivity contribution >= 4 is 0 Å². The first-order chi connectivity index (χ1) is 6.13. The maximum Gasteiger partial charge on any atom is 0.105 e. The summed E-state index contributed by atoms with van der Waals surface area (Å²) in [5.41, 5.74) is 5.65. The SMILES string of the molecule is Cc1ccc(CC(CN)N(C)C)o1. The molecule has 1 unspecified atom stereocenters. The summed E-state index contributed by atoms with van der Waals surface area (Å²) in [6.07, 6.45) is 0.886. The van der Waals surface area contributed by atoms with Crippen LogP contribution in [0.1, 0.15) is 11.5 Å². The predicted molar refractivity (Wildman–Crippen MR) is 53.7 cm³/mol. The van der Waals surface area contributed by atoms with Gasteiger partial charge in [-0.15, -0.1) is 0 Å². The third-order valence-corrected chi connectivity index (χ3v) is 2.24. The van der Waals surface area contributed by atoms with Crippen LogP contribution in [-0.4, -0.2) is 31.6 Å². The molecule has 1 heterocycles. The zero-order chi connectivity index (χ0) is 9.84. The molecule has 74 valence electrons. The number of furan rings is 1. The fourth-order valence-corrected chi connectivity index (χ4v) is 1.30. The van der Waals surface area contributed by atoms with Crippen LogP contribution in [0.15, 0.2) is 16.5 Å². The number of hydrogen-bond acceptors (Lipinski definition) is 3. The third-order valence-electron chi connectivity index (χ3n) is 2.24. The molecule has 0 bridgehead atoms. The van der Waals surface area contributed by atoms with Crippen LogP contribution in [0, 0.1) is 6.92 Å². The van der Waals surface area contributed by atoms with Crippen LogP contribution < -0.4 is 5.73 Å². The van der Waals surface area contributed by atoms with E-state index in [0.717, 1.165) is 17.9 Å². The van der Waals surface area contributed by atoms with Crippen molar-refractivity contribution in [2.45, 2.75) is 19.4 Å². The van der Waals surface area contributed by atoms with Crippen LogP contribution in [0.2, 0.25) is 0 Å². The molecule has 2 N–H and O–H groups in total. The Morgan fingerprint density at radius 1 is 1.46 bits per heavy atom. The minimum atomic E-state index is 0.366. The molecule has 3 heteroatoms. The van der Waals surface area contributed by atoms with E-state index < -0.39 is 0 Å². The second-order valence-electron chi connectivity index (χ2n) is 3.57. The lowest BCUT2D eigenvalue weighted by atomic mass is 10.1. The van der Waals surface area contributed by atoms with Gasteiger partial charge in [-0.1, -0.05) is 0 Å². The van der Waals surface area contributed by atoms with Gasteiger partial charge in [0.1, 0.15) is 11.5 Å². The number of aryl methyl sites for hydroxylation is 1. The predicted octanol–water partition coefficient (Wildman–Crippen LogP) is 1.02. The van der Waals surface area contributed by atoms with Gasteiger partial charge < -0.3 is 15.1 Å². The van der Waals surface area contributed by atoms with Gasteiger partial charge in [0, 0.05) is 19.0 Å². The van der Waals surface area contributed by atoms with Crippen molar-refractivity contribution in [2.24, 2.45) is 5.73 Å². The Bertz CT molecular complexity index is 255. The van der Waals surface area contributed by atoms with Gasteiger partial charge in [-0.3, -0.25) is 0 Å². The topological polar surface area (TPSA) is 42.4 Å². The minimum Gasteiger partial charge on any atom is -0.466 e. The second kappa shape index (κ2) is 4.44. The molecule has 0 radical (unpaired) electrons. The summed E-state index contributed by atoms with van der Waals surface area (Å²) in [4.78, 5) is 2.12. The molecule has 13 heavy (non-hydrogen) atoms. The zero-order valence-electron chi connectivity index (χ0n) is 8.58. The van der Waals surface area contributed by atoms with Gasteiger partial charge in [-0.05, 0) is 33.2 Å². The Morgan fingerprint density at radius 3 is 2.54 bits per heavy atom. The third kappa shape index (κ3) is 2.86. The molecule has 1 atom stereocenters. The number of likely N-dealkylation sites (N-methyl/N-ethyl adjacent to an activating group) is 1. The van der Waals surface area contributed by atoms with Crippen LogP contribution in [0.4, 0.5) is 0 Å². The summed E-state index contributed by atoms with van der Waals surface area (Å²) in [5, 5.41) is 0. The molecule has 3 nitrogen and oxygen atoms in total. The molecular formula is C10H18N2O. The van der Waals surface area contributed by atoms with E-state index in [2.05, 4.69) is 4.90 Å². The van der Waals surface area contributed by atoms with Crippen molar-refractivity contribution in [3.63, 3.8) is 0 Å². The van der Waals surface area contributed by atoms with Crippen molar-refractivity contribution in [1.82, 2.24) is 4.90 Å². The largest absolute Gasteiger partial charge is 0.466 e. The van der Waals surface area contributed by atoms with Gasteiger partial charge in [-0.25, -0.2) is 0 Å². The number of nitrogens with two attached hydrogens (primary N) is 1. The molecular weight excluding hydrogens is 164 g/mol. The number of hydrogen-bond donors (Lipinski definition) is 1. The van der Waals surface area contributed by atoms with Crippen LogP contribution in [-0.2, 0) is 6.42 Å². The molecule has 0 aliphatic heterocycles. The van der Waals surface area contributed by atoms with Gasteiger partial charge in [0.05, 0.1) is 0 Å². The Hall–Kier alpha value is -0.800. The summed E-state index contributed by atoms with van der Waals surface area (Å²) in [6, 6.07) is 4.37. The first-order valence-electron chi connectivity index (χ1n) is 4.55. The van der Waals surface area contributed by atoms with E-state index in [4.69, 9.17) is 10.2 Å². The summed E-state index contributed by atoms with van der Waals surface area (Å²) < 4.78 is 5.48. The highest BCUT2D eigenvalue weighted by Gasteiger charge is 2.11. The normalized spacial score (nSPS) is 13.6. The van der Waals surface area contributed by atoms with Gasteiger partial charge in [0.2, 0.25) is 0 Å². The molecule has 0 saturated heterocycles. The van der Waals surface area contributed by atoms with Crippen LogP contribution in [0.5, 0.6) is 0 Å². The van der Waals surface area contributed by atoms with E-state index in [1.54, 1.807) is 0 Å². The Kier molecular flexibility index (Phi) is 3.51. The summed E-state index contributed by atoms with van der Waals surface area (Å²) in [6.45, 7) is 2.61. The van der Waals surface area contributed by atoms with Crippen molar-refractivity contribution in [3.8, 4) is 0 Å².